The minimum Gasteiger partial charge on any atom is -0.376 e. The lowest BCUT2D eigenvalue weighted by molar-refractivity contribution is -0.150. The molecular formula is C36H45F3N6O4. The molecule has 1 N–H and O–H groups in total. The number of carbonyl (C=O) groups is 3. The SMILES string of the molecule is Cc1cc(CC(=O)N2C[C@@H](N3CCN(CC(F)(F)F)CC3)C[C@H]2CO[C@H]2CC[C@H](C=O)CC2)ccc1NC(=O)c1nn(C)c2ccccc12. The van der Waals surface area contributed by atoms with Crippen LogP contribution >= 0.6 is 0 Å². The van der Waals surface area contributed by atoms with Crippen LogP contribution in [0.25, 0.3) is 10.9 Å². The second-order valence-electron chi connectivity index (χ2n) is 13.8. The lowest BCUT2D eigenvalue weighted by Crippen LogP contribution is -2.52. The van der Waals surface area contributed by atoms with Gasteiger partial charge in [-0.05, 0) is 62.3 Å². The van der Waals surface area contributed by atoms with E-state index in [1.54, 1.807) is 11.7 Å². The van der Waals surface area contributed by atoms with Gasteiger partial charge >= 0.3 is 6.18 Å². The fourth-order valence-corrected chi connectivity index (χ4v) is 7.61. The minimum absolute atomic E-state index is 0.0346. The molecule has 1 aliphatic carbocycles. The van der Waals surface area contributed by atoms with Crippen molar-refractivity contribution in [1.29, 1.82) is 0 Å². The second-order valence-corrected chi connectivity index (χ2v) is 13.8. The number of halogens is 3. The van der Waals surface area contributed by atoms with Gasteiger partial charge in [-0.2, -0.15) is 18.3 Å². The van der Waals surface area contributed by atoms with Gasteiger partial charge in [0.25, 0.3) is 5.91 Å². The van der Waals surface area contributed by atoms with Gasteiger partial charge in [0.2, 0.25) is 5.91 Å². The van der Waals surface area contributed by atoms with Gasteiger partial charge in [0.1, 0.15) is 6.29 Å². The predicted molar refractivity (Wildman–Crippen MR) is 179 cm³/mol. The third kappa shape index (κ3) is 8.50. The highest BCUT2D eigenvalue weighted by atomic mass is 19.4. The van der Waals surface area contributed by atoms with Crippen molar-refractivity contribution in [2.75, 3.05) is 51.2 Å². The summed E-state index contributed by atoms with van der Waals surface area (Å²) in [7, 11) is 1.80. The molecule has 3 aromatic rings. The number of piperazine rings is 1. The Balaban J connectivity index is 1.10. The topological polar surface area (TPSA) is 100 Å². The van der Waals surface area contributed by atoms with Gasteiger partial charge in [0, 0.05) is 62.8 Å². The number of nitrogens with one attached hydrogen (secondary N) is 1. The molecule has 0 radical (unpaired) electrons. The number of amides is 2. The normalized spacial score (nSPS) is 24.0. The number of ether oxygens (including phenoxy) is 1. The first-order chi connectivity index (χ1) is 23.5. The van der Waals surface area contributed by atoms with Gasteiger partial charge in [-0.15, -0.1) is 0 Å². The van der Waals surface area contributed by atoms with E-state index in [-0.39, 0.29) is 42.3 Å². The van der Waals surface area contributed by atoms with Gasteiger partial charge in [-0.3, -0.25) is 24.1 Å². The first-order valence-electron chi connectivity index (χ1n) is 17.2. The Bertz CT molecular complexity index is 1650. The van der Waals surface area contributed by atoms with Crippen molar-refractivity contribution < 1.29 is 32.3 Å². The van der Waals surface area contributed by atoms with E-state index in [0.29, 0.717) is 57.1 Å². The Hall–Kier alpha value is -3.81. The molecule has 2 amide bonds. The van der Waals surface area contributed by atoms with E-state index in [4.69, 9.17) is 4.74 Å². The third-order valence-electron chi connectivity index (χ3n) is 10.3. The zero-order valence-electron chi connectivity index (χ0n) is 28.1. The number of nitrogens with zero attached hydrogens (tertiary/aromatic N) is 5. The summed E-state index contributed by atoms with van der Waals surface area (Å²) in [4.78, 5) is 43.8. The molecule has 264 valence electrons. The van der Waals surface area contributed by atoms with Crippen LogP contribution in [-0.4, -0.2) is 113 Å². The number of benzene rings is 2. The molecule has 2 saturated heterocycles. The van der Waals surface area contributed by atoms with E-state index in [2.05, 4.69) is 15.3 Å². The Kier molecular flexibility index (Phi) is 10.7. The number of aryl methyl sites for hydroxylation is 2. The molecule has 2 aromatic carbocycles. The number of para-hydroxylation sites is 1. The number of hydrogen-bond donors (Lipinski definition) is 1. The average Bonchev–Trinajstić information content (AvgIpc) is 3.66. The van der Waals surface area contributed by atoms with E-state index in [9.17, 15) is 27.6 Å². The Labute approximate surface area is 284 Å². The molecule has 6 rings (SSSR count). The maximum atomic E-state index is 13.9. The molecule has 1 saturated carbocycles. The van der Waals surface area contributed by atoms with Crippen LogP contribution in [0.5, 0.6) is 0 Å². The first-order valence-corrected chi connectivity index (χ1v) is 17.2. The fraction of sp³-hybridized carbons (Fsp3) is 0.556. The van der Waals surface area contributed by atoms with Crippen molar-refractivity contribution in [1.82, 2.24) is 24.5 Å². The van der Waals surface area contributed by atoms with Gasteiger partial charge in [-0.1, -0.05) is 30.3 Å². The number of hydrogen-bond acceptors (Lipinski definition) is 7. The molecule has 2 aliphatic heterocycles. The molecule has 0 spiro atoms. The van der Waals surface area contributed by atoms with E-state index in [1.807, 2.05) is 54.3 Å². The summed E-state index contributed by atoms with van der Waals surface area (Å²) in [5, 5.41) is 8.15. The van der Waals surface area contributed by atoms with Crippen molar-refractivity contribution >= 4 is 34.7 Å². The van der Waals surface area contributed by atoms with E-state index in [1.165, 1.54) is 4.90 Å². The summed E-state index contributed by atoms with van der Waals surface area (Å²) in [6, 6.07) is 13.0. The van der Waals surface area contributed by atoms with Gasteiger partial charge in [-0.25, -0.2) is 0 Å². The van der Waals surface area contributed by atoms with Crippen molar-refractivity contribution in [3.8, 4) is 0 Å². The molecule has 49 heavy (non-hydrogen) atoms. The van der Waals surface area contributed by atoms with E-state index in [0.717, 1.165) is 54.0 Å². The monoisotopic (exact) mass is 682 g/mol. The van der Waals surface area contributed by atoms with Crippen LogP contribution in [0.2, 0.25) is 0 Å². The summed E-state index contributed by atoms with van der Waals surface area (Å²) in [6.07, 6.45) is 0.960. The maximum absolute atomic E-state index is 13.9. The van der Waals surface area contributed by atoms with Crippen LogP contribution in [0, 0.1) is 12.8 Å². The average molecular weight is 683 g/mol. The van der Waals surface area contributed by atoms with Crippen LogP contribution in [0.15, 0.2) is 42.5 Å². The van der Waals surface area contributed by atoms with Crippen molar-refractivity contribution in [2.45, 2.75) is 69.8 Å². The van der Waals surface area contributed by atoms with Crippen molar-refractivity contribution in [3.63, 3.8) is 0 Å². The minimum atomic E-state index is -4.22. The van der Waals surface area contributed by atoms with Crippen LogP contribution in [0.4, 0.5) is 18.9 Å². The Morgan fingerprint density at radius 1 is 1.04 bits per heavy atom. The summed E-state index contributed by atoms with van der Waals surface area (Å²) < 4.78 is 46.9. The molecular weight excluding hydrogens is 637 g/mol. The standard InChI is InChI=1S/C36H45F3N6O4/c1-24-17-26(9-12-31(24)40-35(48)34-30-5-3-4-6-32(30)42(2)41-34)18-33(47)45-20-27(44-15-13-43(14-16-44)23-36(37,38)39)19-28(45)22-49-29-10-7-25(21-46)8-11-29/h3-6,9,12,17,21,25,27-29H,7-8,10-11,13-16,18-20,22-23H2,1-2H3,(H,40,48)/t25-,27-,28-,29-/m0/s1. The molecule has 10 nitrogen and oxygen atoms in total. The number of anilines is 1. The van der Waals surface area contributed by atoms with Gasteiger partial charge in [0.05, 0.1) is 37.2 Å². The number of aromatic nitrogens is 2. The number of carbonyl (C=O) groups excluding carboxylic acids is 3. The fourth-order valence-electron chi connectivity index (χ4n) is 7.61. The molecule has 3 aliphatic rings. The summed E-state index contributed by atoms with van der Waals surface area (Å²) >= 11 is 0. The van der Waals surface area contributed by atoms with E-state index >= 15 is 0 Å². The molecule has 2 atom stereocenters. The largest absolute Gasteiger partial charge is 0.401 e. The van der Waals surface area contributed by atoms with Gasteiger partial charge in [0.15, 0.2) is 5.69 Å². The van der Waals surface area contributed by atoms with Crippen LogP contribution in [-0.2, 0) is 27.8 Å². The molecule has 13 heteroatoms. The number of alkyl halides is 3. The maximum Gasteiger partial charge on any atom is 0.401 e. The predicted octanol–water partition coefficient (Wildman–Crippen LogP) is 4.60. The van der Waals surface area contributed by atoms with Gasteiger partial charge < -0.3 is 19.7 Å². The highest BCUT2D eigenvalue weighted by molar-refractivity contribution is 6.11. The van der Waals surface area contributed by atoms with Crippen LogP contribution in [0.1, 0.15) is 53.7 Å². The zero-order chi connectivity index (χ0) is 34.7. The van der Waals surface area contributed by atoms with Crippen LogP contribution in [0.3, 0.4) is 0 Å². The lowest BCUT2D eigenvalue weighted by Gasteiger charge is -2.38. The molecule has 0 unspecified atom stereocenters. The highest BCUT2D eigenvalue weighted by Gasteiger charge is 2.40. The summed E-state index contributed by atoms with van der Waals surface area (Å²) in [5.41, 5.74) is 3.48. The Morgan fingerprint density at radius 2 is 1.78 bits per heavy atom. The van der Waals surface area contributed by atoms with Crippen molar-refractivity contribution in [2.24, 2.45) is 13.0 Å². The third-order valence-corrected chi connectivity index (χ3v) is 10.3. The summed E-state index contributed by atoms with van der Waals surface area (Å²) in [6.45, 7) is 3.59. The number of fused-ring (bicyclic) bond motifs is 1. The smallest absolute Gasteiger partial charge is 0.376 e. The van der Waals surface area contributed by atoms with Crippen LogP contribution < -0.4 is 5.32 Å². The molecule has 3 heterocycles. The number of aldehydes is 1. The van der Waals surface area contributed by atoms with Crippen molar-refractivity contribution in [3.05, 3.63) is 59.3 Å². The number of rotatable bonds is 10. The lowest BCUT2D eigenvalue weighted by atomic mass is 9.88. The quantitative estimate of drug-likeness (QED) is 0.312. The molecule has 0 bridgehead atoms. The zero-order valence-corrected chi connectivity index (χ0v) is 28.1. The molecule has 1 aromatic heterocycles. The second kappa shape index (κ2) is 15.0. The molecule has 3 fully saturated rings. The highest BCUT2D eigenvalue weighted by Crippen LogP contribution is 2.30. The van der Waals surface area contributed by atoms with E-state index < -0.39 is 12.7 Å². The summed E-state index contributed by atoms with van der Waals surface area (Å²) in [5.74, 6) is -0.260. The number of likely N-dealkylation sites (tertiary alicyclic amines) is 1. The Morgan fingerprint density at radius 3 is 2.47 bits per heavy atom. The first kappa shape index (κ1) is 35.0.